The van der Waals surface area contributed by atoms with E-state index >= 15 is 0 Å². The number of alkyl halides is 3. The molecule has 0 aliphatic carbocycles. The second-order valence-corrected chi connectivity index (χ2v) is 7.58. The van der Waals surface area contributed by atoms with Crippen molar-refractivity contribution in [1.29, 1.82) is 0 Å². The van der Waals surface area contributed by atoms with E-state index in [2.05, 4.69) is 35.7 Å². The minimum Gasteiger partial charge on any atom is -0.494 e. The second-order valence-electron chi connectivity index (χ2n) is 7.58. The normalized spacial score (nSPS) is 12.0. The third-order valence-corrected chi connectivity index (χ3v) is 5.48. The zero-order valence-corrected chi connectivity index (χ0v) is 18.2. The number of oxazole rings is 1. The van der Waals surface area contributed by atoms with E-state index in [1.54, 1.807) is 36.4 Å². The molecule has 6 aromatic rings. The predicted octanol–water partition coefficient (Wildman–Crippen LogP) is 3.71. The molecule has 6 rings (SSSR count). The van der Waals surface area contributed by atoms with Crippen molar-refractivity contribution in [2.75, 3.05) is 7.11 Å². The average molecular weight is 494 g/mol. The molecule has 4 heterocycles. The number of imidazole rings is 1. The highest BCUT2D eigenvalue weighted by molar-refractivity contribution is 5.85. The largest absolute Gasteiger partial charge is 0.494 e. The Hall–Kier alpha value is -5.01. The monoisotopic (exact) mass is 494 g/mol. The number of para-hydroxylation sites is 1. The zero-order valence-electron chi connectivity index (χ0n) is 18.2. The summed E-state index contributed by atoms with van der Waals surface area (Å²) in [6.45, 7) is 0. The van der Waals surface area contributed by atoms with Gasteiger partial charge < -0.3 is 9.15 Å². The number of nitrogens with zero attached hydrogens (tertiary/aromatic N) is 6. The maximum Gasteiger partial charge on any atom is 0.435 e. The number of ether oxygens (including phenoxy) is 1. The van der Waals surface area contributed by atoms with Crippen molar-refractivity contribution in [3.05, 3.63) is 64.4 Å². The van der Waals surface area contributed by atoms with E-state index in [-0.39, 0.29) is 34.2 Å². The first kappa shape index (κ1) is 21.5. The van der Waals surface area contributed by atoms with Gasteiger partial charge in [-0.3, -0.25) is 9.89 Å². The van der Waals surface area contributed by atoms with Crippen LogP contribution in [0.1, 0.15) is 5.69 Å². The molecule has 0 atom stereocenters. The van der Waals surface area contributed by atoms with Crippen molar-refractivity contribution >= 4 is 16.7 Å². The average Bonchev–Trinajstić information content (AvgIpc) is 3.61. The lowest BCUT2D eigenvalue weighted by Crippen LogP contribution is -2.15. The lowest BCUT2D eigenvalue weighted by Gasteiger charge is -2.09. The molecule has 0 aliphatic rings. The SMILES string of the molecule is COc1cccc2oc(-c3c(-c4nn[nH]n4)[nH]n4c(-c5ccccc5)c(C(F)(F)F)nc4c3=O)nc12. The fourth-order valence-electron chi connectivity index (χ4n) is 3.96. The van der Waals surface area contributed by atoms with Crippen LogP contribution in [0, 0.1) is 0 Å². The number of fused-ring (bicyclic) bond motifs is 2. The molecule has 4 aromatic heterocycles. The first-order valence-electron chi connectivity index (χ1n) is 10.4. The molecule has 180 valence electrons. The number of nitrogens with one attached hydrogen (secondary N) is 2. The molecule has 2 N–H and O–H groups in total. The van der Waals surface area contributed by atoms with Crippen LogP contribution < -0.4 is 10.2 Å². The van der Waals surface area contributed by atoms with Crippen LogP contribution in [-0.2, 0) is 6.18 Å². The summed E-state index contributed by atoms with van der Waals surface area (Å²) in [6, 6.07) is 12.7. The second kappa shape index (κ2) is 7.76. The number of rotatable bonds is 4. The standard InChI is InChI=1S/C22H13F3N8O3/c1-35-11-8-5-9-12-14(11)26-21(36-12)13-15(19-28-31-32-29-19)30-33-16(10-6-3-2-4-7-10)18(22(23,24)25)27-20(33)17(13)34/h2-9,30H,1H3,(H,28,29,31,32). The van der Waals surface area contributed by atoms with Crippen LogP contribution in [0.25, 0.3) is 51.0 Å². The lowest BCUT2D eigenvalue weighted by molar-refractivity contribution is -0.140. The van der Waals surface area contributed by atoms with Gasteiger partial charge in [0.15, 0.2) is 16.8 Å². The summed E-state index contributed by atoms with van der Waals surface area (Å²) in [6.07, 6.45) is -4.85. The Labute approximate surface area is 197 Å². The number of hydrogen-bond acceptors (Lipinski definition) is 8. The van der Waals surface area contributed by atoms with E-state index < -0.39 is 22.9 Å². The minimum atomic E-state index is -4.85. The minimum absolute atomic E-state index is 0.0740. The maximum absolute atomic E-state index is 14.0. The highest BCUT2D eigenvalue weighted by Gasteiger charge is 2.40. The summed E-state index contributed by atoms with van der Waals surface area (Å²) in [5, 5.41) is 16.4. The Bertz CT molecular complexity index is 1790. The summed E-state index contributed by atoms with van der Waals surface area (Å²) in [5.74, 6) is 0.100. The maximum atomic E-state index is 14.0. The van der Waals surface area contributed by atoms with Crippen molar-refractivity contribution in [3.8, 4) is 40.0 Å². The van der Waals surface area contributed by atoms with Crippen LogP contribution in [-0.4, -0.2) is 47.3 Å². The molecule has 0 unspecified atom stereocenters. The van der Waals surface area contributed by atoms with Gasteiger partial charge in [-0.25, -0.2) is 14.5 Å². The molecule has 0 amide bonds. The molecule has 0 radical (unpaired) electrons. The molecule has 0 aliphatic heterocycles. The summed E-state index contributed by atoms with van der Waals surface area (Å²) < 4.78 is 54.2. The number of H-pyrrole nitrogens is 2. The van der Waals surface area contributed by atoms with Gasteiger partial charge in [0, 0.05) is 5.56 Å². The molecule has 0 saturated carbocycles. The van der Waals surface area contributed by atoms with Gasteiger partial charge in [-0.15, -0.1) is 10.2 Å². The van der Waals surface area contributed by atoms with Crippen LogP contribution in [0.15, 0.2) is 57.7 Å². The van der Waals surface area contributed by atoms with Gasteiger partial charge in [0.1, 0.15) is 22.7 Å². The molecule has 14 heteroatoms. The number of halogens is 3. The molecule has 11 nitrogen and oxygen atoms in total. The zero-order chi connectivity index (χ0) is 25.0. The number of benzene rings is 2. The quantitative estimate of drug-likeness (QED) is 0.378. The van der Waals surface area contributed by atoms with Gasteiger partial charge in [0.2, 0.25) is 22.8 Å². The number of aromatic amines is 2. The van der Waals surface area contributed by atoms with E-state index in [9.17, 15) is 18.0 Å². The van der Waals surface area contributed by atoms with Crippen LogP contribution in [0.5, 0.6) is 5.75 Å². The molecule has 0 spiro atoms. The molecule has 2 aromatic carbocycles. The predicted molar refractivity (Wildman–Crippen MR) is 119 cm³/mol. The Morgan fingerprint density at radius 3 is 2.56 bits per heavy atom. The molecular formula is C22H13F3N8O3. The molecule has 0 saturated heterocycles. The summed E-state index contributed by atoms with van der Waals surface area (Å²) in [5.41, 5.74) is -2.49. The third kappa shape index (κ3) is 3.22. The van der Waals surface area contributed by atoms with E-state index in [1.165, 1.54) is 19.2 Å². The van der Waals surface area contributed by atoms with Gasteiger partial charge >= 0.3 is 6.18 Å². The number of methoxy groups -OCH3 is 1. The molecular weight excluding hydrogens is 481 g/mol. The van der Waals surface area contributed by atoms with Gasteiger partial charge in [-0.05, 0) is 17.3 Å². The number of tetrazole rings is 1. The van der Waals surface area contributed by atoms with Crippen molar-refractivity contribution in [2.24, 2.45) is 0 Å². The fourth-order valence-corrected chi connectivity index (χ4v) is 3.96. The van der Waals surface area contributed by atoms with Gasteiger partial charge in [-0.2, -0.15) is 18.4 Å². The summed E-state index contributed by atoms with van der Waals surface area (Å²) in [4.78, 5) is 21.8. The first-order valence-corrected chi connectivity index (χ1v) is 10.4. The topological polar surface area (TPSA) is 140 Å². The van der Waals surface area contributed by atoms with Gasteiger partial charge in [0.05, 0.1) is 7.11 Å². The number of hydrogen-bond donors (Lipinski definition) is 2. The van der Waals surface area contributed by atoms with E-state index in [0.29, 0.717) is 16.8 Å². The van der Waals surface area contributed by atoms with Crippen molar-refractivity contribution in [1.82, 2.24) is 40.2 Å². The van der Waals surface area contributed by atoms with E-state index in [4.69, 9.17) is 9.15 Å². The Morgan fingerprint density at radius 1 is 1.06 bits per heavy atom. The number of aromatic nitrogens is 8. The summed E-state index contributed by atoms with van der Waals surface area (Å²) >= 11 is 0. The van der Waals surface area contributed by atoms with E-state index in [0.717, 1.165) is 4.52 Å². The highest BCUT2D eigenvalue weighted by atomic mass is 19.4. The first-order chi connectivity index (χ1) is 17.4. The van der Waals surface area contributed by atoms with Crippen molar-refractivity contribution in [3.63, 3.8) is 0 Å². The van der Waals surface area contributed by atoms with Crippen LogP contribution in [0.2, 0.25) is 0 Å². The van der Waals surface area contributed by atoms with Gasteiger partial charge in [-0.1, -0.05) is 36.4 Å². The highest BCUT2D eigenvalue weighted by Crippen LogP contribution is 2.38. The smallest absolute Gasteiger partial charge is 0.435 e. The Kier molecular flexibility index (Phi) is 4.64. The third-order valence-electron chi connectivity index (χ3n) is 5.48. The summed E-state index contributed by atoms with van der Waals surface area (Å²) in [7, 11) is 1.45. The Balaban J connectivity index is 1.74. The van der Waals surface area contributed by atoms with Crippen LogP contribution >= 0.6 is 0 Å². The fraction of sp³-hybridized carbons (Fsp3) is 0.0909. The lowest BCUT2D eigenvalue weighted by atomic mass is 10.1. The van der Waals surface area contributed by atoms with Crippen LogP contribution in [0.4, 0.5) is 13.2 Å². The van der Waals surface area contributed by atoms with Crippen LogP contribution in [0.3, 0.4) is 0 Å². The molecule has 0 bridgehead atoms. The molecule has 0 fully saturated rings. The Morgan fingerprint density at radius 2 is 1.86 bits per heavy atom. The van der Waals surface area contributed by atoms with Gasteiger partial charge in [0.25, 0.3) is 0 Å². The molecule has 36 heavy (non-hydrogen) atoms. The van der Waals surface area contributed by atoms with Crippen molar-refractivity contribution < 1.29 is 22.3 Å². The van der Waals surface area contributed by atoms with Crippen molar-refractivity contribution in [2.45, 2.75) is 6.18 Å². The van der Waals surface area contributed by atoms with E-state index in [1.807, 2.05) is 0 Å².